The van der Waals surface area contributed by atoms with Gasteiger partial charge < -0.3 is 18.9 Å². The van der Waals surface area contributed by atoms with E-state index in [9.17, 15) is 4.79 Å². The molecule has 1 atom stereocenters. The predicted octanol–water partition coefficient (Wildman–Crippen LogP) is 8.28. The molecule has 35 heavy (non-hydrogen) atoms. The van der Waals surface area contributed by atoms with Crippen LogP contribution in [0.1, 0.15) is 136 Å². The summed E-state index contributed by atoms with van der Waals surface area (Å²) in [6, 6.07) is 0. The summed E-state index contributed by atoms with van der Waals surface area (Å²) in [6.45, 7) is 11.1. The van der Waals surface area contributed by atoms with Gasteiger partial charge in [0.05, 0.1) is 33.0 Å². The van der Waals surface area contributed by atoms with E-state index in [0.717, 1.165) is 13.0 Å². The molecule has 0 amide bonds. The van der Waals surface area contributed by atoms with Crippen LogP contribution in [0.2, 0.25) is 0 Å². The first kappa shape index (κ1) is 34.4. The number of unbranched alkanes of at least 4 members (excludes halogenated alkanes) is 11. The molecule has 5 heteroatoms. The topological polar surface area (TPSA) is 54.0 Å². The van der Waals surface area contributed by atoms with E-state index in [1.807, 2.05) is 0 Å². The highest BCUT2D eigenvalue weighted by Gasteiger charge is 2.12. The van der Waals surface area contributed by atoms with Crippen LogP contribution in [-0.2, 0) is 23.7 Å². The first-order valence-electron chi connectivity index (χ1n) is 15.1. The lowest BCUT2D eigenvalue weighted by atomic mass is 9.95. The number of carbonyl (C=O) groups is 1. The van der Waals surface area contributed by atoms with Crippen LogP contribution in [0.3, 0.4) is 0 Å². The maximum absolute atomic E-state index is 12.2. The summed E-state index contributed by atoms with van der Waals surface area (Å²) in [7, 11) is 0. The van der Waals surface area contributed by atoms with Gasteiger partial charge >= 0.3 is 5.97 Å². The fourth-order valence-electron chi connectivity index (χ4n) is 4.16. The Morgan fingerprint density at radius 3 is 1.51 bits per heavy atom. The van der Waals surface area contributed by atoms with Crippen molar-refractivity contribution in [3.05, 3.63) is 0 Å². The van der Waals surface area contributed by atoms with Gasteiger partial charge in [-0.2, -0.15) is 0 Å². The molecule has 0 aliphatic heterocycles. The lowest BCUT2D eigenvalue weighted by molar-refractivity contribution is -0.145. The number of rotatable bonds is 29. The molecule has 0 saturated heterocycles. The summed E-state index contributed by atoms with van der Waals surface area (Å²) < 4.78 is 22.3. The van der Waals surface area contributed by atoms with Crippen LogP contribution in [0.4, 0.5) is 0 Å². The van der Waals surface area contributed by atoms with Crippen molar-refractivity contribution in [1.82, 2.24) is 0 Å². The number of hydrogen-bond donors (Lipinski definition) is 0. The predicted molar refractivity (Wildman–Crippen MR) is 147 cm³/mol. The van der Waals surface area contributed by atoms with Crippen molar-refractivity contribution in [3.63, 3.8) is 0 Å². The van der Waals surface area contributed by atoms with Gasteiger partial charge in [0.25, 0.3) is 0 Å². The zero-order chi connectivity index (χ0) is 25.7. The van der Waals surface area contributed by atoms with Crippen molar-refractivity contribution in [2.75, 3.05) is 46.2 Å². The van der Waals surface area contributed by atoms with E-state index in [1.54, 1.807) is 0 Å². The highest BCUT2D eigenvalue weighted by Crippen LogP contribution is 2.19. The van der Waals surface area contributed by atoms with Crippen molar-refractivity contribution >= 4 is 5.97 Å². The van der Waals surface area contributed by atoms with Crippen molar-refractivity contribution in [2.24, 2.45) is 5.92 Å². The molecule has 0 aromatic heterocycles. The molecule has 0 rings (SSSR count). The minimum atomic E-state index is -0.0811. The van der Waals surface area contributed by atoms with Gasteiger partial charge in [0, 0.05) is 19.6 Å². The third kappa shape index (κ3) is 27.8. The SMILES string of the molecule is CCCCCCCCC(CCCCCC)COC(=O)CCCOCCOCCOCCCCCC. The highest BCUT2D eigenvalue weighted by atomic mass is 16.5. The zero-order valence-electron chi connectivity index (χ0n) is 23.8. The van der Waals surface area contributed by atoms with Gasteiger partial charge in [0.2, 0.25) is 0 Å². The van der Waals surface area contributed by atoms with E-state index in [0.29, 0.717) is 58.4 Å². The smallest absolute Gasteiger partial charge is 0.305 e. The minimum absolute atomic E-state index is 0.0811. The summed E-state index contributed by atoms with van der Waals surface area (Å²) in [5.41, 5.74) is 0. The van der Waals surface area contributed by atoms with E-state index in [2.05, 4.69) is 20.8 Å². The molecule has 0 aliphatic carbocycles. The van der Waals surface area contributed by atoms with Gasteiger partial charge in [-0.3, -0.25) is 4.79 Å². The van der Waals surface area contributed by atoms with Crippen LogP contribution in [0.15, 0.2) is 0 Å². The maximum atomic E-state index is 12.2. The number of esters is 1. The molecular weight excluding hydrogens is 440 g/mol. The second-order valence-electron chi connectivity index (χ2n) is 9.96. The molecule has 210 valence electrons. The number of ether oxygens (including phenoxy) is 4. The van der Waals surface area contributed by atoms with Gasteiger partial charge in [0.15, 0.2) is 0 Å². The average Bonchev–Trinajstić information content (AvgIpc) is 2.86. The Hall–Kier alpha value is -0.650. The molecule has 0 heterocycles. The van der Waals surface area contributed by atoms with Crippen molar-refractivity contribution < 1.29 is 23.7 Å². The largest absolute Gasteiger partial charge is 0.465 e. The number of hydrogen-bond acceptors (Lipinski definition) is 5. The van der Waals surface area contributed by atoms with E-state index in [4.69, 9.17) is 18.9 Å². The van der Waals surface area contributed by atoms with Gasteiger partial charge in [-0.25, -0.2) is 0 Å². The second kappa shape index (κ2) is 29.6. The molecule has 0 radical (unpaired) electrons. The van der Waals surface area contributed by atoms with Crippen LogP contribution in [0.5, 0.6) is 0 Å². The standard InChI is InChI=1S/C30H60O5/c1-4-7-10-13-14-16-20-29(19-15-11-8-5-2)28-35-30(31)21-18-23-33-25-27-34-26-24-32-22-17-12-9-6-3/h29H,4-28H2,1-3H3. The summed E-state index contributed by atoms with van der Waals surface area (Å²) in [4.78, 5) is 12.2. The minimum Gasteiger partial charge on any atom is -0.465 e. The molecule has 0 N–H and O–H groups in total. The molecule has 1 unspecified atom stereocenters. The van der Waals surface area contributed by atoms with Crippen LogP contribution >= 0.6 is 0 Å². The Labute approximate surface area is 218 Å². The third-order valence-electron chi connectivity index (χ3n) is 6.47. The van der Waals surface area contributed by atoms with E-state index < -0.39 is 0 Å². The molecular formula is C30H60O5. The molecule has 0 aromatic rings. The molecule has 0 fully saturated rings. The van der Waals surface area contributed by atoms with Gasteiger partial charge in [-0.1, -0.05) is 104 Å². The van der Waals surface area contributed by atoms with Gasteiger partial charge in [-0.05, 0) is 31.6 Å². The monoisotopic (exact) mass is 500 g/mol. The highest BCUT2D eigenvalue weighted by molar-refractivity contribution is 5.69. The normalized spacial score (nSPS) is 12.2. The Bertz CT molecular complexity index is 416. The Morgan fingerprint density at radius 1 is 0.514 bits per heavy atom. The van der Waals surface area contributed by atoms with Crippen LogP contribution in [0.25, 0.3) is 0 Å². The van der Waals surface area contributed by atoms with Gasteiger partial charge in [-0.15, -0.1) is 0 Å². The Balaban J connectivity index is 3.68. The maximum Gasteiger partial charge on any atom is 0.305 e. The molecule has 0 aromatic carbocycles. The second-order valence-corrected chi connectivity index (χ2v) is 9.96. The molecule has 0 saturated carbocycles. The summed E-state index contributed by atoms with van der Waals surface area (Å²) in [6.07, 6.45) is 21.5. The summed E-state index contributed by atoms with van der Waals surface area (Å²) in [5.74, 6) is 0.443. The first-order chi connectivity index (χ1) is 17.2. The molecule has 0 spiro atoms. The summed E-state index contributed by atoms with van der Waals surface area (Å²) >= 11 is 0. The third-order valence-corrected chi connectivity index (χ3v) is 6.47. The van der Waals surface area contributed by atoms with E-state index in [1.165, 1.54) is 96.3 Å². The van der Waals surface area contributed by atoms with E-state index in [-0.39, 0.29) is 5.97 Å². The lowest BCUT2D eigenvalue weighted by Gasteiger charge is -2.17. The Kier molecular flexibility index (Phi) is 29.0. The first-order valence-corrected chi connectivity index (χ1v) is 15.1. The van der Waals surface area contributed by atoms with Crippen LogP contribution in [0, 0.1) is 5.92 Å². The number of carbonyl (C=O) groups excluding carboxylic acids is 1. The Morgan fingerprint density at radius 2 is 0.943 bits per heavy atom. The van der Waals surface area contributed by atoms with Crippen LogP contribution in [-0.4, -0.2) is 52.2 Å². The summed E-state index contributed by atoms with van der Waals surface area (Å²) in [5, 5.41) is 0. The zero-order valence-corrected chi connectivity index (χ0v) is 23.8. The van der Waals surface area contributed by atoms with Crippen molar-refractivity contribution in [2.45, 2.75) is 136 Å². The van der Waals surface area contributed by atoms with Crippen LogP contribution < -0.4 is 0 Å². The fraction of sp³-hybridized carbons (Fsp3) is 0.967. The molecule has 5 nitrogen and oxygen atoms in total. The lowest BCUT2D eigenvalue weighted by Crippen LogP contribution is -2.15. The molecule has 0 bridgehead atoms. The van der Waals surface area contributed by atoms with Crippen molar-refractivity contribution in [1.29, 1.82) is 0 Å². The van der Waals surface area contributed by atoms with Crippen molar-refractivity contribution in [3.8, 4) is 0 Å². The fourth-order valence-corrected chi connectivity index (χ4v) is 4.16. The average molecular weight is 501 g/mol. The molecule has 0 aliphatic rings. The van der Waals surface area contributed by atoms with Gasteiger partial charge in [0.1, 0.15) is 0 Å². The van der Waals surface area contributed by atoms with E-state index >= 15 is 0 Å². The quantitative estimate of drug-likeness (QED) is 0.0764.